The van der Waals surface area contributed by atoms with E-state index in [2.05, 4.69) is 11.4 Å². The lowest BCUT2D eigenvalue weighted by Crippen LogP contribution is -2.39. The molecule has 1 fully saturated rings. The summed E-state index contributed by atoms with van der Waals surface area (Å²) in [4.78, 5) is 23.8. The van der Waals surface area contributed by atoms with Crippen LogP contribution in [0.1, 0.15) is 24.4 Å². The first kappa shape index (κ1) is 15.0. The summed E-state index contributed by atoms with van der Waals surface area (Å²) in [6, 6.07) is 2.46. The third kappa shape index (κ3) is 2.73. The molecule has 2 aliphatic rings. The third-order valence-corrected chi connectivity index (χ3v) is 4.73. The molecule has 6 heteroatoms. The van der Waals surface area contributed by atoms with Gasteiger partial charge in [-0.15, -0.1) is 0 Å². The Kier molecular flexibility index (Phi) is 3.91. The Balaban J connectivity index is 1.77. The van der Waals surface area contributed by atoms with Crippen LogP contribution in [0.3, 0.4) is 0 Å². The van der Waals surface area contributed by atoms with Crippen molar-refractivity contribution in [2.45, 2.75) is 18.9 Å². The predicted molar refractivity (Wildman–Crippen MR) is 78.8 cm³/mol. The molecule has 1 aromatic rings. The minimum atomic E-state index is -1.28. The summed E-state index contributed by atoms with van der Waals surface area (Å²) < 4.78 is 13.5. The standard InChI is InChI=1S/C16H15ClFNO3/c17-12-4-3-10(7-13(12)18)14(16(21)22)19-15(20)11-6-8-1-2-9(11)5-8/h1-4,7-9,11,14H,5-6H2,(H,19,20)(H,21,22)/t8-,9-,11-,14-/m0/s1. The smallest absolute Gasteiger partial charge is 0.330 e. The van der Waals surface area contributed by atoms with E-state index in [9.17, 15) is 19.1 Å². The molecule has 4 nitrogen and oxygen atoms in total. The van der Waals surface area contributed by atoms with Crippen LogP contribution in [0, 0.1) is 23.6 Å². The summed E-state index contributed by atoms with van der Waals surface area (Å²) in [5.74, 6) is -1.83. The SMILES string of the molecule is O=C(O)[C@@H](NC(=O)[C@H]1C[C@H]2C=C[C@H]1C2)c1ccc(Cl)c(F)c1. The maximum absolute atomic E-state index is 13.5. The van der Waals surface area contributed by atoms with Gasteiger partial charge >= 0.3 is 5.97 Å². The molecule has 0 spiro atoms. The van der Waals surface area contributed by atoms with Crippen LogP contribution in [0.5, 0.6) is 0 Å². The van der Waals surface area contributed by atoms with Crippen LogP contribution in [0.4, 0.5) is 4.39 Å². The van der Waals surface area contributed by atoms with E-state index in [1.165, 1.54) is 12.1 Å². The number of hydrogen-bond acceptors (Lipinski definition) is 2. The monoisotopic (exact) mass is 323 g/mol. The van der Waals surface area contributed by atoms with Crippen LogP contribution >= 0.6 is 11.6 Å². The van der Waals surface area contributed by atoms with Gasteiger partial charge in [0.2, 0.25) is 5.91 Å². The van der Waals surface area contributed by atoms with Gasteiger partial charge in [-0.2, -0.15) is 0 Å². The number of carbonyl (C=O) groups excluding carboxylic acids is 1. The second-order valence-electron chi connectivity index (χ2n) is 5.84. The van der Waals surface area contributed by atoms with E-state index in [1.807, 2.05) is 6.08 Å². The van der Waals surface area contributed by atoms with Gasteiger partial charge in [-0.25, -0.2) is 9.18 Å². The second-order valence-corrected chi connectivity index (χ2v) is 6.25. The van der Waals surface area contributed by atoms with Gasteiger partial charge in [-0.1, -0.05) is 29.8 Å². The number of rotatable bonds is 4. The molecule has 2 bridgehead atoms. The molecule has 4 atom stereocenters. The number of carboxylic acids is 1. The Bertz CT molecular complexity index is 661. The van der Waals surface area contributed by atoms with Crippen molar-refractivity contribution >= 4 is 23.5 Å². The van der Waals surface area contributed by atoms with Crippen molar-refractivity contribution in [3.8, 4) is 0 Å². The average Bonchev–Trinajstić information content (AvgIpc) is 3.10. The number of hydrogen-bond donors (Lipinski definition) is 2. The average molecular weight is 324 g/mol. The number of halogens is 2. The molecule has 0 unspecified atom stereocenters. The van der Waals surface area contributed by atoms with E-state index in [-0.39, 0.29) is 28.3 Å². The maximum Gasteiger partial charge on any atom is 0.330 e. The second kappa shape index (κ2) is 5.72. The minimum absolute atomic E-state index is 0.0857. The van der Waals surface area contributed by atoms with Crippen LogP contribution in [0.15, 0.2) is 30.4 Å². The van der Waals surface area contributed by atoms with E-state index < -0.39 is 17.8 Å². The molecule has 1 aromatic carbocycles. The number of carbonyl (C=O) groups is 2. The Hall–Kier alpha value is -1.88. The molecule has 1 saturated carbocycles. The summed E-state index contributed by atoms with van der Waals surface area (Å²) in [5.41, 5.74) is 0.168. The Labute approximate surface area is 132 Å². The molecule has 22 heavy (non-hydrogen) atoms. The lowest BCUT2D eigenvalue weighted by molar-refractivity contribution is -0.142. The molecule has 0 aliphatic heterocycles. The highest BCUT2D eigenvalue weighted by Gasteiger charge is 2.40. The first-order valence-corrected chi connectivity index (χ1v) is 7.50. The fraction of sp³-hybridized carbons (Fsp3) is 0.375. The number of fused-ring (bicyclic) bond motifs is 2. The summed E-state index contributed by atoms with van der Waals surface area (Å²) in [6.45, 7) is 0. The zero-order chi connectivity index (χ0) is 15.9. The van der Waals surface area contributed by atoms with Crippen molar-refractivity contribution < 1.29 is 19.1 Å². The van der Waals surface area contributed by atoms with Crippen LogP contribution < -0.4 is 5.32 Å². The molecule has 2 N–H and O–H groups in total. The molecule has 0 heterocycles. The number of benzene rings is 1. The van der Waals surface area contributed by atoms with Crippen LogP contribution in [-0.2, 0) is 9.59 Å². The summed E-state index contributed by atoms with van der Waals surface area (Å²) in [6.07, 6.45) is 5.83. The maximum atomic E-state index is 13.5. The molecule has 0 radical (unpaired) electrons. The van der Waals surface area contributed by atoms with Crippen molar-refractivity contribution in [2.75, 3.05) is 0 Å². The fourth-order valence-corrected chi connectivity index (χ4v) is 3.43. The van der Waals surface area contributed by atoms with Gasteiger partial charge in [0.05, 0.1) is 5.02 Å². The predicted octanol–water partition coefficient (Wildman–Crippen LogP) is 2.93. The van der Waals surface area contributed by atoms with E-state index in [0.29, 0.717) is 5.92 Å². The van der Waals surface area contributed by atoms with E-state index >= 15 is 0 Å². The molecule has 2 aliphatic carbocycles. The molecule has 1 amide bonds. The van der Waals surface area contributed by atoms with Gasteiger partial charge in [0.1, 0.15) is 5.82 Å². The highest BCUT2D eigenvalue weighted by Crippen LogP contribution is 2.43. The van der Waals surface area contributed by atoms with Crippen molar-refractivity contribution in [1.82, 2.24) is 5.32 Å². The molecule has 0 saturated heterocycles. The highest BCUT2D eigenvalue weighted by atomic mass is 35.5. The molecule has 0 aromatic heterocycles. The quantitative estimate of drug-likeness (QED) is 0.837. The van der Waals surface area contributed by atoms with Gasteiger partial charge in [0.25, 0.3) is 0 Å². The fourth-order valence-electron chi connectivity index (χ4n) is 3.31. The molecular formula is C16H15ClFNO3. The van der Waals surface area contributed by atoms with E-state index in [0.717, 1.165) is 18.9 Å². The van der Waals surface area contributed by atoms with Gasteiger partial charge in [0, 0.05) is 5.92 Å². The Morgan fingerprint density at radius 1 is 1.32 bits per heavy atom. The number of nitrogens with one attached hydrogen (secondary N) is 1. The van der Waals surface area contributed by atoms with Crippen LogP contribution in [0.2, 0.25) is 5.02 Å². The Morgan fingerprint density at radius 2 is 2.09 bits per heavy atom. The van der Waals surface area contributed by atoms with Crippen molar-refractivity contribution in [3.05, 3.63) is 46.8 Å². The zero-order valence-corrected chi connectivity index (χ0v) is 12.4. The van der Waals surface area contributed by atoms with Crippen molar-refractivity contribution in [2.24, 2.45) is 17.8 Å². The third-order valence-electron chi connectivity index (χ3n) is 4.43. The van der Waals surface area contributed by atoms with Gasteiger partial charge in [-0.05, 0) is 42.4 Å². The van der Waals surface area contributed by atoms with Gasteiger partial charge < -0.3 is 10.4 Å². The number of amides is 1. The minimum Gasteiger partial charge on any atom is -0.479 e. The molecule has 3 rings (SSSR count). The normalized spacial score (nSPS) is 26.9. The highest BCUT2D eigenvalue weighted by molar-refractivity contribution is 6.30. The Morgan fingerprint density at radius 3 is 2.64 bits per heavy atom. The van der Waals surface area contributed by atoms with Crippen LogP contribution in [0.25, 0.3) is 0 Å². The van der Waals surface area contributed by atoms with Gasteiger partial charge in [0.15, 0.2) is 6.04 Å². The summed E-state index contributed by atoms with van der Waals surface area (Å²) in [7, 11) is 0. The van der Waals surface area contributed by atoms with E-state index in [1.54, 1.807) is 0 Å². The lowest BCUT2D eigenvalue weighted by Gasteiger charge is -2.21. The first-order chi connectivity index (χ1) is 10.5. The zero-order valence-electron chi connectivity index (χ0n) is 11.6. The van der Waals surface area contributed by atoms with Gasteiger partial charge in [-0.3, -0.25) is 4.79 Å². The first-order valence-electron chi connectivity index (χ1n) is 7.12. The largest absolute Gasteiger partial charge is 0.479 e. The topological polar surface area (TPSA) is 66.4 Å². The number of carboxylic acid groups (broad SMARTS) is 1. The number of allylic oxidation sites excluding steroid dienone is 2. The molecular weight excluding hydrogens is 309 g/mol. The molecule has 116 valence electrons. The van der Waals surface area contributed by atoms with E-state index in [4.69, 9.17) is 11.6 Å². The summed E-state index contributed by atoms with van der Waals surface area (Å²) in [5, 5.41) is 11.8. The lowest BCUT2D eigenvalue weighted by atomic mass is 9.92. The number of aliphatic carboxylic acids is 1. The van der Waals surface area contributed by atoms with Crippen molar-refractivity contribution in [3.63, 3.8) is 0 Å². The summed E-state index contributed by atoms with van der Waals surface area (Å²) >= 11 is 5.60. The van der Waals surface area contributed by atoms with Crippen LogP contribution in [-0.4, -0.2) is 17.0 Å². The van der Waals surface area contributed by atoms with Crippen molar-refractivity contribution in [1.29, 1.82) is 0 Å².